The molecule has 5 heteroatoms. The van der Waals surface area contributed by atoms with Crippen LogP contribution in [0, 0.1) is 0 Å². The lowest BCUT2D eigenvalue weighted by Crippen LogP contribution is -2.42. The van der Waals surface area contributed by atoms with E-state index in [-0.39, 0.29) is 11.9 Å². The van der Waals surface area contributed by atoms with Gasteiger partial charge in [0.15, 0.2) is 11.5 Å². The molecule has 1 amide bonds. The van der Waals surface area contributed by atoms with Crippen molar-refractivity contribution in [1.29, 1.82) is 0 Å². The highest BCUT2D eigenvalue weighted by molar-refractivity contribution is 5.81. The molecule has 1 unspecified atom stereocenters. The van der Waals surface area contributed by atoms with Crippen molar-refractivity contribution in [1.82, 2.24) is 10.2 Å². The minimum Gasteiger partial charge on any atom is -0.493 e. The van der Waals surface area contributed by atoms with E-state index in [0.29, 0.717) is 19.7 Å². The lowest BCUT2D eigenvalue weighted by Gasteiger charge is -2.21. The quantitative estimate of drug-likeness (QED) is 0.797. The summed E-state index contributed by atoms with van der Waals surface area (Å²) < 4.78 is 10.8. The van der Waals surface area contributed by atoms with Crippen LogP contribution in [0.15, 0.2) is 18.2 Å². The van der Waals surface area contributed by atoms with E-state index in [0.717, 1.165) is 17.1 Å². The highest BCUT2D eigenvalue weighted by Crippen LogP contribution is 2.27. The average molecular weight is 294 g/mol. The highest BCUT2D eigenvalue weighted by Gasteiger charge is 2.15. The predicted molar refractivity (Wildman–Crippen MR) is 83.8 cm³/mol. The predicted octanol–water partition coefficient (Wildman–Crippen LogP) is 2.05. The molecule has 1 N–H and O–H groups in total. The van der Waals surface area contributed by atoms with Gasteiger partial charge in [-0.15, -0.1) is 0 Å². The van der Waals surface area contributed by atoms with Gasteiger partial charge in [0.25, 0.3) is 0 Å². The van der Waals surface area contributed by atoms with E-state index in [2.05, 4.69) is 5.32 Å². The van der Waals surface area contributed by atoms with Crippen molar-refractivity contribution < 1.29 is 14.3 Å². The minimum absolute atomic E-state index is 0.0936. The molecule has 0 saturated carbocycles. The largest absolute Gasteiger partial charge is 0.493 e. The van der Waals surface area contributed by atoms with Crippen LogP contribution >= 0.6 is 0 Å². The summed E-state index contributed by atoms with van der Waals surface area (Å²) in [6.07, 6.45) is 0. The maximum atomic E-state index is 12.0. The molecule has 0 radical (unpaired) electrons. The van der Waals surface area contributed by atoms with Crippen molar-refractivity contribution in [2.75, 3.05) is 27.3 Å². The monoisotopic (exact) mass is 294 g/mol. The standard InChI is InChI=1S/C16H26N2O3/c1-6-18(4)16(19)12(3)17-11-13-8-9-14(20-5)15(10-13)21-7-2/h8-10,12,17H,6-7,11H2,1-5H3. The fourth-order valence-electron chi connectivity index (χ4n) is 1.94. The van der Waals surface area contributed by atoms with E-state index < -0.39 is 0 Å². The zero-order chi connectivity index (χ0) is 15.8. The summed E-state index contributed by atoms with van der Waals surface area (Å²) in [6.45, 7) is 7.68. The third kappa shape index (κ3) is 4.93. The topological polar surface area (TPSA) is 50.8 Å². The molecule has 0 fully saturated rings. The summed E-state index contributed by atoms with van der Waals surface area (Å²) in [6, 6.07) is 5.57. The molecule has 0 aliphatic carbocycles. The van der Waals surface area contributed by atoms with Gasteiger partial charge in [-0.3, -0.25) is 4.79 Å². The molecular weight excluding hydrogens is 268 g/mol. The zero-order valence-electron chi connectivity index (χ0n) is 13.6. The van der Waals surface area contributed by atoms with Gasteiger partial charge in [0.2, 0.25) is 5.91 Å². The normalized spacial score (nSPS) is 11.9. The Morgan fingerprint density at radius 3 is 2.62 bits per heavy atom. The Morgan fingerprint density at radius 1 is 1.33 bits per heavy atom. The van der Waals surface area contributed by atoms with Gasteiger partial charge >= 0.3 is 0 Å². The molecule has 0 spiro atoms. The van der Waals surface area contributed by atoms with Gasteiger partial charge < -0.3 is 19.7 Å². The molecule has 0 bridgehead atoms. The number of amides is 1. The van der Waals surface area contributed by atoms with Crippen molar-refractivity contribution >= 4 is 5.91 Å². The number of hydrogen-bond donors (Lipinski definition) is 1. The third-order valence-electron chi connectivity index (χ3n) is 3.36. The number of benzene rings is 1. The molecule has 1 rings (SSSR count). The number of methoxy groups -OCH3 is 1. The molecule has 1 aromatic rings. The summed E-state index contributed by atoms with van der Waals surface area (Å²) in [5, 5.41) is 3.23. The van der Waals surface area contributed by atoms with Gasteiger partial charge in [0.1, 0.15) is 0 Å². The van der Waals surface area contributed by atoms with Crippen LogP contribution in [0.1, 0.15) is 26.3 Å². The smallest absolute Gasteiger partial charge is 0.239 e. The van der Waals surface area contributed by atoms with Crippen LogP contribution in [0.3, 0.4) is 0 Å². The van der Waals surface area contributed by atoms with E-state index in [4.69, 9.17) is 9.47 Å². The summed E-state index contributed by atoms with van der Waals surface area (Å²) in [4.78, 5) is 13.7. The SMILES string of the molecule is CCOc1cc(CNC(C)C(=O)N(C)CC)ccc1OC. The number of likely N-dealkylation sites (N-methyl/N-ethyl adjacent to an activating group) is 1. The van der Waals surface area contributed by atoms with E-state index in [1.54, 1.807) is 19.1 Å². The minimum atomic E-state index is -0.215. The van der Waals surface area contributed by atoms with Crippen molar-refractivity contribution in [3.8, 4) is 11.5 Å². The van der Waals surface area contributed by atoms with Crippen LogP contribution in [0.2, 0.25) is 0 Å². The number of rotatable bonds is 8. The fourth-order valence-corrected chi connectivity index (χ4v) is 1.94. The van der Waals surface area contributed by atoms with Crippen molar-refractivity contribution in [2.24, 2.45) is 0 Å². The second kappa shape index (κ2) is 8.52. The Morgan fingerprint density at radius 2 is 2.05 bits per heavy atom. The fraction of sp³-hybridized carbons (Fsp3) is 0.562. The number of carbonyl (C=O) groups excluding carboxylic acids is 1. The van der Waals surface area contributed by atoms with Crippen LogP contribution in [-0.4, -0.2) is 44.2 Å². The maximum absolute atomic E-state index is 12.0. The van der Waals surface area contributed by atoms with Gasteiger partial charge in [-0.2, -0.15) is 0 Å². The van der Waals surface area contributed by atoms with Crippen molar-refractivity contribution in [3.63, 3.8) is 0 Å². The lowest BCUT2D eigenvalue weighted by molar-refractivity contribution is -0.131. The van der Waals surface area contributed by atoms with Gasteiger partial charge in [0, 0.05) is 20.1 Å². The van der Waals surface area contributed by atoms with Crippen LogP contribution in [-0.2, 0) is 11.3 Å². The molecule has 0 aromatic heterocycles. The number of ether oxygens (including phenoxy) is 2. The molecule has 0 aliphatic heterocycles. The van der Waals surface area contributed by atoms with Gasteiger partial charge in [-0.1, -0.05) is 6.07 Å². The van der Waals surface area contributed by atoms with E-state index in [1.165, 1.54) is 0 Å². The Labute approximate surface area is 127 Å². The van der Waals surface area contributed by atoms with E-state index in [9.17, 15) is 4.79 Å². The number of carbonyl (C=O) groups is 1. The van der Waals surface area contributed by atoms with Crippen molar-refractivity contribution in [2.45, 2.75) is 33.4 Å². The first-order valence-corrected chi connectivity index (χ1v) is 7.31. The first kappa shape index (κ1) is 17.3. The van der Waals surface area contributed by atoms with Gasteiger partial charge in [-0.25, -0.2) is 0 Å². The zero-order valence-corrected chi connectivity index (χ0v) is 13.6. The number of hydrogen-bond acceptors (Lipinski definition) is 4. The van der Waals surface area contributed by atoms with E-state index in [1.807, 2.05) is 39.0 Å². The molecule has 21 heavy (non-hydrogen) atoms. The molecule has 118 valence electrons. The third-order valence-corrected chi connectivity index (χ3v) is 3.36. The Balaban J connectivity index is 2.67. The average Bonchev–Trinajstić information content (AvgIpc) is 2.51. The number of nitrogens with one attached hydrogen (secondary N) is 1. The first-order valence-electron chi connectivity index (χ1n) is 7.31. The second-order valence-electron chi connectivity index (χ2n) is 4.87. The lowest BCUT2D eigenvalue weighted by atomic mass is 10.2. The first-order chi connectivity index (χ1) is 10.0. The molecule has 0 aliphatic rings. The Kier molecular flexibility index (Phi) is 7.02. The summed E-state index contributed by atoms with van der Waals surface area (Å²) >= 11 is 0. The summed E-state index contributed by atoms with van der Waals surface area (Å²) in [7, 11) is 3.43. The summed E-state index contributed by atoms with van der Waals surface area (Å²) in [5.74, 6) is 1.54. The van der Waals surface area contributed by atoms with Gasteiger partial charge in [-0.05, 0) is 38.5 Å². The van der Waals surface area contributed by atoms with Crippen LogP contribution in [0.25, 0.3) is 0 Å². The van der Waals surface area contributed by atoms with Gasteiger partial charge in [0.05, 0.1) is 19.8 Å². The van der Waals surface area contributed by atoms with Crippen LogP contribution < -0.4 is 14.8 Å². The van der Waals surface area contributed by atoms with Crippen LogP contribution in [0.4, 0.5) is 0 Å². The second-order valence-corrected chi connectivity index (χ2v) is 4.87. The molecule has 0 heterocycles. The molecular formula is C16H26N2O3. The molecule has 0 saturated heterocycles. The van der Waals surface area contributed by atoms with Crippen molar-refractivity contribution in [3.05, 3.63) is 23.8 Å². The molecule has 1 atom stereocenters. The van der Waals surface area contributed by atoms with Crippen LogP contribution in [0.5, 0.6) is 11.5 Å². The maximum Gasteiger partial charge on any atom is 0.239 e. The highest BCUT2D eigenvalue weighted by atomic mass is 16.5. The van der Waals surface area contributed by atoms with E-state index >= 15 is 0 Å². The Hall–Kier alpha value is -1.75. The molecule has 5 nitrogen and oxygen atoms in total. The number of nitrogens with zero attached hydrogens (tertiary/aromatic N) is 1. The molecule has 1 aromatic carbocycles. The summed E-state index contributed by atoms with van der Waals surface area (Å²) in [5.41, 5.74) is 1.05. The Bertz CT molecular complexity index is 463.